The van der Waals surface area contributed by atoms with Crippen LogP contribution in [-0.4, -0.2) is 22.8 Å². The number of carbonyl (C=O) groups excluding carboxylic acids is 2. The summed E-state index contributed by atoms with van der Waals surface area (Å²) in [5.74, 6) is -0.859. The third-order valence-corrected chi connectivity index (χ3v) is 5.80. The van der Waals surface area contributed by atoms with Gasteiger partial charge in [0.2, 0.25) is 5.13 Å². The third kappa shape index (κ3) is 3.09. The molecular formula is C17H16ClN3O3S. The van der Waals surface area contributed by atoms with Gasteiger partial charge < -0.3 is 4.74 Å². The normalized spacial score (nSPS) is 22.8. The Kier molecular flexibility index (Phi) is 4.35. The molecule has 6 nitrogen and oxygen atoms in total. The Bertz CT molecular complexity index is 879. The van der Waals surface area contributed by atoms with Crippen LogP contribution in [0.3, 0.4) is 0 Å². The van der Waals surface area contributed by atoms with Gasteiger partial charge in [-0.25, -0.2) is 4.98 Å². The third-order valence-electron chi connectivity index (χ3n) is 4.56. The molecule has 0 bridgehead atoms. The van der Waals surface area contributed by atoms with Crippen molar-refractivity contribution in [3.8, 4) is 0 Å². The molecular weight excluding hydrogens is 362 g/mol. The molecule has 2 aliphatic rings. The second-order valence-corrected chi connectivity index (χ2v) is 7.58. The van der Waals surface area contributed by atoms with Gasteiger partial charge in [0, 0.05) is 0 Å². The first-order valence-electron chi connectivity index (χ1n) is 8.15. The Morgan fingerprint density at radius 2 is 2.16 bits per heavy atom. The van der Waals surface area contributed by atoms with Gasteiger partial charge in [-0.05, 0) is 31.4 Å². The van der Waals surface area contributed by atoms with E-state index < -0.39 is 5.91 Å². The Morgan fingerprint density at radius 3 is 3.00 bits per heavy atom. The van der Waals surface area contributed by atoms with Gasteiger partial charge in [0.25, 0.3) is 5.91 Å². The first kappa shape index (κ1) is 16.4. The number of hydrogen-bond donors (Lipinski definition) is 2. The highest BCUT2D eigenvalue weighted by Gasteiger charge is 2.39. The number of hydrazine groups is 1. The number of ether oxygens (including phenoxy) is 1. The van der Waals surface area contributed by atoms with Crippen molar-refractivity contribution in [2.45, 2.75) is 31.8 Å². The number of aromatic nitrogens is 1. The summed E-state index contributed by atoms with van der Waals surface area (Å²) in [5.41, 5.74) is 6.00. The first-order valence-corrected chi connectivity index (χ1v) is 9.34. The van der Waals surface area contributed by atoms with Crippen molar-refractivity contribution in [2.24, 2.45) is 5.92 Å². The minimum Gasteiger partial charge on any atom is -0.496 e. The van der Waals surface area contributed by atoms with Gasteiger partial charge in [-0.2, -0.15) is 0 Å². The number of amides is 1. The Hall–Kier alpha value is -2.12. The molecule has 1 aromatic carbocycles. The molecule has 1 aliphatic heterocycles. The lowest BCUT2D eigenvalue weighted by molar-refractivity contribution is -0.130. The molecule has 130 valence electrons. The molecule has 0 spiro atoms. The summed E-state index contributed by atoms with van der Waals surface area (Å²) >= 11 is 7.46. The van der Waals surface area contributed by atoms with Crippen molar-refractivity contribution in [3.05, 3.63) is 35.1 Å². The molecule has 25 heavy (non-hydrogen) atoms. The summed E-state index contributed by atoms with van der Waals surface area (Å²) in [5, 5.41) is 1.05. The van der Waals surface area contributed by atoms with Crippen LogP contribution in [0.15, 0.2) is 30.0 Å². The maximum Gasteiger partial charge on any atom is 0.276 e. The minimum absolute atomic E-state index is 0.0507. The van der Waals surface area contributed by atoms with Crippen LogP contribution in [0.5, 0.6) is 0 Å². The molecule has 2 unspecified atom stereocenters. The van der Waals surface area contributed by atoms with E-state index in [4.69, 9.17) is 16.3 Å². The number of carbonyl (C=O) groups is 2. The van der Waals surface area contributed by atoms with Crippen molar-refractivity contribution in [1.82, 2.24) is 10.4 Å². The van der Waals surface area contributed by atoms with Gasteiger partial charge in [0.15, 0.2) is 5.78 Å². The highest BCUT2D eigenvalue weighted by atomic mass is 35.5. The van der Waals surface area contributed by atoms with Gasteiger partial charge in [-0.1, -0.05) is 35.4 Å². The fourth-order valence-electron chi connectivity index (χ4n) is 3.28. The lowest BCUT2D eigenvalue weighted by Crippen LogP contribution is -2.42. The molecule has 0 radical (unpaired) electrons. The Labute approximate surface area is 153 Å². The number of thiazole rings is 1. The van der Waals surface area contributed by atoms with Crippen LogP contribution in [-0.2, 0) is 14.3 Å². The average molecular weight is 378 g/mol. The number of ketones is 1. The molecule has 1 fully saturated rings. The van der Waals surface area contributed by atoms with Crippen LogP contribution in [0.1, 0.15) is 25.7 Å². The van der Waals surface area contributed by atoms with Crippen LogP contribution in [0, 0.1) is 5.92 Å². The molecule has 1 saturated carbocycles. The first-order chi connectivity index (χ1) is 12.1. The minimum atomic E-state index is -0.514. The van der Waals surface area contributed by atoms with E-state index in [9.17, 15) is 9.59 Å². The monoisotopic (exact) mass is 377 g/mol. The summed E-state index contributed by atoms with van der Waals surface area (Å²) in [6.07, 6.45) is 4.91. The molecule has 8 heteroatoms. The lowest BCUT2D eigenvalue weighted by Gasteiger charge is -2.33. The summed E-state index contributed by atoms with van der Waals surface area (Å²) in [6.45, 7) is 0. The second-order valence-electron chi connectivity index (χ2n) is 6.15. The maximum absolute atomic E-state index is 12.5. The van der Waals surface area contributed by atoms with Gasteiger partial charge in [-0.3, -0.25) is 20.4 Å². The van der Waals surface area contributed by atoms with E-state index in [1.54, 1.807) is 6.07 Å². The highest BCUT2D eigenvalue weighted by Crippen LogP contribution is 2.33. The second kappa shape index (κ2) is 6.65. The van der Waals surface area contributed by atoms with E-state index in [2.05, 4.69) is 15.8 Å². The van der Waals surface area contributed by atoms with Crippen molar-refractivity contribution >= 4 is 50.0 Å². The van der Waals surface area contributed by atoms with E-state index in [0.717, 1.165) is 30.4 Å². The van der Waals surface area contributed by atoms with E-state index in [1.807, 2.05) is 12.1 Å². The molecule has 1 amide bonds. The Balaban J connectivity index is 1.45. The molecule has 2 aromatic rings. The number of rotatable bonds is 3. The molecule has 2 N–H and O–H groups in total. The predicted molar refractivity (Wildman–Crippen MR) is 96.3 cm³/mol. The van der Waals surface area contributed by atoms with E-state index >= 15 is 0 Å². The van der Waals surface area contributed by atoms with Gasteiger partial charge in [0.1, 0.15) is 17.2 Å². The zero-order chi connectivity index (χ0) is 17.4. The number of fused-ring (bicyclic) bond motifs is 2. The fraction of sp³-hybridized carbons (Fsp3) is 0.353. The van der Waals surface area contributed by atoms with Crippen molar-refractivity contribution in [3.63, 3.8) is 0 Å². The van der Waals surface area contributed by atoms with E-state index in [-0.39, 0.29) is 23.4 Å². The number of nitrogens with one attached hydrogen (secondary N) is 2. The number of benzene rings is 1. The van der Waals surface area contributed by atoms with Crippen LogP contribution in [0.25, 0.3) is 10.2 Å². The fourth-order valence-corrected chi connectivity index (χ4v) is 4.40. The molecule has 1 aromatic heterocycles. The maximum atomic E-state index is 12.5. The average Bonchev–Trinajstić information content (AvgIpc) is 3.05. The van der Waals surface area contributed by atoms with Crippen molar-refractivity contribution in [2.75, 3.05) is 5.43 Å². The molecule has 0 saturated heterocycles. The van der Waals surface area contributed by atoms with Crippen molar-refractivity contribution < 1.29 is 14.3 Å². The lowest BCUT2D eigenvalue weighted by atomic mass is 9.80. The topological polar surface area (TPSA) is 80.3 Å². The molecule has 2 heterocycles. The SMILES string of the molecule is O=C(NNc1nc2c(Cl)cccc2s1)C1=COC2CCCCC2C1=O. The number of halogens is 1. The van der Waals surface area contributed by atoms with Gasteiger partial charge in [0.05, 0.1) is 21.9 Å². The summed E-state index contributed by atoms with van der Waals surface area (Å²) < 4.78 is 6.51. The number of Topliss-reactive ketones (excluding diaryl/α,β-unsaturated/α-hetero) is 1. The number of para-hydroxylation sites is 1. The predicted octanol–water partition coefficient (Wildman–Crippen LogP) is 3.43. The smallest absolute Gasteiger partial charge is 0.276 e. The summed E-state index contributed by atoms with van der Waals surface area (Å²) in [6, 6.07) is 5.50. The van der Waals surface area contributed by atoms with Gasteiger partial charge in [-0.15, -0.1) is 0 Å². The molecule has 4 rings (SSSR count). The van der Waals surface area contributed by atoms with Crippen LogP contribution in [0.2, 0.25) is 5.02 Å². The zero-order valence-corrected chi connectivity index (χ0v) is 14.8. The molecule has 1 aliphatic carbocycles. The largest absolute Gasteiger partial charge is 0.496 e. The standard InChI is InChI=1S/C17H16ClN3O3S/c18-11-5-3-7-13-14(11)19-17(25-13)21-20-16(23)10-8-24-12-6-2-1-4-9(12)15(10)22/h3,5,7-9,12H,1-2,4,6H2,(H,19,21)(H,20,23). The van der Waals surface area contributed by atoms with Crippen LogP contribution < -0.4 is 10.9 Å². The number of hydrogen-bond acceptors (Lipinski definition) is 6. The van der Waals surface area contributed by atoms with E-state index in [1.165, 1.54) is 17.6 Å². The van der Waals surface area contributed by atoms with Crippen molar-refractivity contribution in [1.29, 1.82) is 0 Å². The summed E-state index contributed by atoms with van der Waals surface area (Å²) in [7, 11) is 0. The Morgan fingerprint density at radius 1 is 1.32 bits per heavy atom. The molecule has 2 atom stereocenters. The summed E-state index contributed by atoms with van der Waals surface area (Å²) in [4.78, 5) is 29.2. The van der Waals surface area contributed by atoms with Crippen LogP contribution >= 0.6 is 22.9 Å². The van der Waals surface area contributed by atoms with Crippen LogP contribution in [0.4, 0.5) is 5.13 Å². The van der Waals surface area contributed by atoms with E-state index in [0.29, 0.717) is 15.7 Å². The zero-order valence-electron chi connectivity index (χ0n) is 13.3. The highest BCUT2D eigenvalue weighted by molar-refractivity contribution is 7.22. The quantitative estimate of drug-likeness (QED) is 0.632. The number of nitrogens with zero attached hydrogens (tertiary/aromatic N) is 1. The van der Waals surface area contributed by atoms with Gasteiger partial charge >= 0.3 is 0 Å². The number of anilines is 1.